The molecule has 6 aromatic rings. The van der Waals surface area contributed by atoms with Gasteiger partial charge in [0.05, 0.1) is 47.1 Å². The van der Waals surface area contributed by atoms with Crippen LogP contribution in [0.25, 0.3) is 27.5 Å². The van der Waals surface area contributed by atoms with Crippen molar-refractivity contribution in [3.8, 4) is 5.88 Å². The summed E-state index contributed by atoms with van der Waals surface area (Å²) in [7, 11) is 0. The number of aryl methyl sites for hydroxylation is 1. The van der Waals surface area contributed by atoms with Gasteiger partial charge in [-0.1, -0.05) is 29.8 Å². The molecule has 1 amide bonds. The van der Waals surface area contributed by atoms with Crippen LogP contribution in [0.3, 0.4) is 0 Å². The summed E-state index contributed by atoms with van der Waals surface area (Å²) >= 11 is 5.89. The van der Waals surface area contributed by atoms with Crippen LogP contribution in [0.4, 0.5) is 10.1 Å². The van der Waals surface area contributed by atoms with E-state index in [0.29, 0.717) is 40.2 Å². The third-order valence-electron chi connectivity index (χ3n) is 10.5. The van der Waals surface area contributed by atoms with Gasteiger partial charge in [-0.15, -0.1) is 0 Å². The van der Waals surface area contributed by atoms with Crippen LogP contribution in [0, 0.1) is 12.7 Å². The van der Waals surface area contributed by atoms with Gasteiger partial charge in [-0.25, -0.2) is 14.4 Å². The molecule has 53 heavy (non-hydrogen) atoms. The topological polar surface area (TPSA) is 110 Å². The predicted octanol–water partition coefficient (Wildman–Crippen LogP) is 8.20. The Morgan fingerprint density at radius 1 is 1.09 bits per heavy atom. The largest absolute Gasteiger partial charge is 0.473 e. The van der Waals surface area contributed by atoms with Crippen LogP contribution < -0.4 is 10.1 Å². The average Bonchev–Trinajstić information content (AvgIpc) is 3.80. The first kappa shape index (κ1) is 33.7. The van der Waals surface area contributed by atoms with Crippen LogP contribution in [0.5, 0.6) is 5.88 Å². The first-order chi connectivity index (χ1) is 25.8. The molecule has 1 aliphatic carbocycles. The molecule has 270 valence electrons. The molecule has 0 unspecified atom stereocenters. The van der Waals surface area contributed by atoms with Crippen molar-refractivity contribution in [2.75, 3.05) is 25.0 Å². The molecule has 0 radical (unpaired) electrons. The van der Waals surface area contributed by atoms with Crippen molar-refractivity contribution >= 4 is 50.7 Å². The second kappa shape index (κ2) is 14.0. The number of aromatic nitrogens is 5. The second-order valence-electron chi connectivity index (χ2n) is 14.3. The summed E-state index contributed by atoms with van der Waals surface area (Å²) in [4.78, 5) is 25.7. The van der Waals surface area contributed by atoms with Crippen molar-refractivity contribution in [1.29, 1.82) is 0 Å². The number of ether oxygens (including phenoxy) is 2. The van der Waals surface area contributed by atoms with E-state index in [1.54, 1.807) is 18.2 Å². The molecule has 2 aliphatic heterocycles. The van der Waals surface area contributed by atoms with E-state index in [0.717, 1.165) is 102 Å². The summed E-state index contributed by atoms with van der Waals surface area (Å²) < 4.78 is 28.2. The number of halogens is 2. The van der Waals surface area contributed by atoms with Crippen molar-refractivity contribution < 1.29 is 18.7 Å². The number of nitrogens with one attached hydrogen (secondary N) is 2. The van der Waals surface area contributed by atoms with Gasteiger partial charge >= 0.3 is 0 Å². The lowest BCUT2D eigenvalue weighted by atomic mass is 10.0. The maximum absolute atomic E-state index is 14.3. The average molecular weight is 732 g/mol. The Hall–Kier alpha value is -5.10. The highest BCUT2D eigenvalue weighted by molar-refractivity contribution is 6.30. The lowest BCUT2D eigenvalue weighted by Crippen LogP contribution is -2.33. The fourth-order valence-electron chi connectivity index (χ4n) is 7.28. The molecule has 9 rings (SSSR count). The van der Waals surface area contributed by atoms with E-state index >= 15 is 0 Å². The zero-order valence-corrected chi connectivity index (χ0v) is 30.1. The highest BCUT2D eigenvalue weighted by atomic mass is 35.5. The third-order valence-corrected chi connectivity index (χ3v) is 10.7. The smallest absolute Gasteiger partial charge is 0.255 e. The number of carbonyl (C=O) groups excluding carboxylic acids is 1. The first-order valence-corrected chi connectivity index (χ1v) is 18.6. The predicted molar refractivity (Wildman–Crippen MR) is 203 cm³/mol. The summed E-state index contributed by atoms with van der Waals surface area (Å²) in [5.74, 6) is 1.34. The Labute approximate surface area is 311 Å². The SMILES string of the molecule is Cc1cc(C(=O)Nc2ccc3c(c2)nc(CN2CC=C(c4cccc(OCc5ccc(Cl)cc5F)n4)CC2)n3C[C@@H]2CCO2)cc2c(C3CC3)n[nH]c12. The zero-order chi connectivity index (χ0) is 36.1. The maximum Gasteiger partial charge on any atom is 0.255 e. The van der Waals surface area contributed by atoms with Gasteiger partial charge < -0.3 is 19.4 Å². The molecule has 3 aromatic heterocycles. The number of carbonyl (C=O) groups is 1. The number of anilines is 1. The normalized spacial score (nSPS) is 17.6. The number of hydrogen-bond donors (Lipinski definition) is 2. The number of hydrogen-bond acceptors (Lipinski definition) is 7. The van der Waals surface area contributed by atoms with Gasteiger partial charge in [-0.3, -0.25) is 14.8 Å². The number of imidazole rings is 1. The Bertz CT molecular complexity index is 2400. The molecule has 1 saturated carbocycles. The van der Waals surface area contributed by atoms with Crippen molar-refractivity contribution in [3.63, 3.8) is 0 Å². The molecule has 12 heteroatoms. The maximum atomic E-state index is 14.3. The van der Waals surface area contributed by atoms with Crippen molar-refractivity contribution in [2.24, 2.45) is 0 Å². The molecule has 10 nitrogen and oxygen atoms in total. The third kappa shape index (κ3) is 7.04. The van der Waals surface area contributed by atoms with Crippen LogP contribution in [0.1, 0.15) is 70.3 Å². The molecule has 5 heterocycles. The standard InChI is InChI=1S/C41H39ClFN7O3/c1-24-17-28(18-32-39(24)47-48-40(32)26-5-6-26)41(51)44-30-9-10-36-35(20-30)45-37(50(36)21-31-13-16-52-31)22-49-14-11-25(12-15-49)34-3-2-4-38(46-34)53-23-27-7-8-29(42)19-33(27)43/h2-4,7-11,17-20,26,31H,5-6,12-16,21-23H2,1H3,(H,44,51)(H,47,48)/t31-/m0/s1. The minimum atomic E-state index is -0.402. The van der Waals surface area contributed by atoms with Gasteiger partial charge in [-0.2, -0.15) is 5.10 Å². The van der Waals surface area contributed by atoms with Crippen LogP contribution in [0.15, 0.2) is 72.8 Å². The quantitative estimate of drug-likeness (QED) is 0.138. The molecule has 0 bridgehead atoms. The van der Waals surface area contributed by atoms with Crippen LogP contribution >= 0.6 is 11.6 Å². The number of aromatic amines is 1. The highest BCUT2D eigenvalue weighted by Gasteiger charge is 2.29. The molecule has 3 aliphatic rings. The number of nitrogens with zero attached hydrogens (tertiary/aromatic N) is 5. The van der Waals surface area contributed by atoms with Crippen molar-refractivity contribution in [1.82, 2.24) is 29.6 Å². The van der Waals surface area contributed by atoms with E-state index in [9.17, 15) is 9.18 Å². The lowest BCUT2D eigenvalue weighted by Gasteiger charge is -2.29. The monoisotopic (exact) mass is 731 g/mol. The fraction of sp³-hybridized carbons (Fsp3) is 0.317. The molecular weight excluding hydrogens is 693 g/mol. The minimum absolute atomic E-state index is 0.0656. The summed E-state index contributed by atoms with van der Waals surface area (Å²) in [5.41, 5.74) is 8.66. The molecular formula is C41H39ClFN7O3. The lowest BCUT2D eigenvalue weighted by molar-refractivity contribution is -0.0591. The molecule has 3 aromatic carbocycles. The van der Waals surface area contributed by atoms with Gasteiger partial charge in [0.2, 0.25) is 5.88 Å². The van der Waals surface area contributed by atoms with E-state index in [2.05, 4.69) is 31.1 Å². The fourth-order valence-corrected chi connectivity index (χ4v) is 7.44. The second-order valence-corrected chi connectivity index (χ2v) is 14.7. The van der Waals surface area contributed by atoms with E-state index in [1.165, 1.54) is 6.07 Å². The summed E-state index contributed by atoms with van der Waals surface area (Å²) in [6.45, 7) is 5.84. The van der Waals surface area contributed by atoms with E-state index < -0.39 is 5.82 Å². The van der Waals surface area contributed by atoms with E-state index in [1.807, 2.05) is 49.4 Å². The van der Waals surface area contributed by atoms with Gasteiger partial charge in [0.25, 0.3) is 5.91 Å². The van der Waals surface area contributed by atoms with Gasteiger partial charge in [-0.05, 0) is 92.3 Å². The Balaban J connectivity index is 0.899. The van der Waals surface area contributed by atoms with Gasteiger partial charge in [0, 0.05) is 58.9 Å². The zero-order valence-electron chi connectivity index (χ0n) is 29.4. The number of fused-ring (bicyclic) bond motifs is 2. The van der Waals surface area contributed by atoms with Crippen LogP contribution in [-0.4, -0.2) is 61.3 Å². The van der Waals surface area contributed by atoms with Gasteiger partial charge in [0.15, 0.2) is 0 Å². The summed E-state index contributed by atoms with van der Waals surface area (Å²) in [6, 6.07) is 20.1. The Kier molecular flexibility index (Phi) is 8.93. The van der Waals surface area contributed by atoms with Gasteiger partial charge in [0.1, 0.15) is 18.2 Å². The number of pyridine rings is 1. The molecule has 2 fully saturated rings. The number of rotatable bonds is 11. The number of amides is 1. The number of benzene rings is 3. The Morgan fingerprint density at radius 3 is 2.75 bits per heavy atom. The molecule has 1 atom stereocenters. The minimum Gasteiger partial charge on any atom is -0.473 e. The first-order valence-electron chi connectivity index (χ1n) is 18.2. The molecule has 0 spiro atoms. The Morgan fingerprint density at radius 2 is 1.98 bits per heavy atom. The van der Waals surface area contributed by atoms with E-state index in [4.69, 9.17) is 31.0 Å². The molecule has 1 saturated heterocycles. The van der Waals surface area contributed by atoms with Crippen molar-refractivity contribution in [3.05, 3.63) is 118 Å². The van der Waals surface area contributed by atoms with Crippen LogP contribution in [0.2, 0.25) is 5.02 Å². The van der Waals surface area contributed by atoms with Crippen LogP contribution in [-0.2, 0) is 24.4 Å². The number of H-pyrrole nitrogens is 1. The highest BCUT2D eigenvalue weighted by Crippen LogP contribution is 2.42. The molecule has 2 N–H and O–H groups in total. The summed E-state index contributed by atoms with van der Waals surface area (Å²) in [5, 5.41) is 12.2. The summed E-state index contributed by atoms with van der Waals surface area (Å²) in [6.07, 6.45) is 6.50. The van der Waals surface area contributed by atoms with Crippen molar-refractivity contribution in [2.45, 2.75) is 64.3 Å². The van der Waals surface area contributed by atoms with E-state index in [-0.39, 0.29) is 18.6 Å².